The summed E-state index contributed by atoms with van der Waals surface area (Å²) in [7, 11) is 0. The van der Waals surface area contributed by atoms with E-state index in [4.69, 9.17) is 10.5 Å². The van der Waals surface area contributed by atoms with Gasteiger partial charge in [-0.15, -0.1) is 0 Å². The van der Waals surface area contributed by atoms with Crippen molar-refractivity contribution in [1.29, 1.82) is 0 Å². The number of hydrogen-bond donors (Lipinski definition) is 1. The van der Waals surface area contributed by atoms with Crippen LogP contribution in [0.25, 0.3) is 0 Å². The molecule has 1 heterocycles. The molecule has 0 spiro atoms. The molecule has 88 valence electrons. The number of nitrogens with two attached hydrogens (primary N) is 1. The van der Waals surface area contributed by atoms with Gasteiger partial charge < -0.3 is 15.4 Å². The fourth-order valence-corrected chi connectivity index (χ4v) is 2.08. The molecule has 0 saturated carbocycles. The molecule has 0 amide bonds. The molecule has 0 aliphatic carbocycles. The van der Waals surface area contributed by atoms with Crippen LogP contribution < -0.4 is 15.4 Å². The smallest absolute Gasteiger partial charge is 0.144 e. The van der Waals surface area contributed by atoms with Crippen LogP contribution in [-0.4, -0.2) is 19.7 Å². The van der Waals surface area contributed by atoms with Gasteiger partial charge in [0.05, 0.1) is 12.2 Å². The maximum Gasteiger partial charge on any atom is 0.144 e. The van der Waals surface area contributed by atoms with Crippen molar-refractivity contribution in [2.24, 2.45) is 0 Å². The molecule has 0 fully saturated rings. The van der Waals surface area contributed by atoms with E-state index in [-0.39, 0.29) is 0 Å². The highest BCUT2D eigenvalue weighted by Gasteiger charge is 2.17. The summed E-state index contributed by atoms with van der Waals surface area (Å²) in [5.41, 5.74) is 7.71. The van der Waals surface area contributed by atoms with Gasteiger partial charge in [0.25, 0.3) is 0 Å². The van der Waals surface area contributed by atoms with Gasteiger partial charge in [-0.1, -0.05) is 19.8 Å². The average Bonchev–Trinajstić information content (AvgIpc) is 2.29. The lowest BCUT2D eigenvalue weighted by Crippen LogP contribution is -2.33. The lowest BCUT2D eigenvalue weighted by Gasteiger charge is -2.31. The Hall–Kier alpha value is -1.38. The van der Waals surface area contributed by atoms with Crippen molar-refractivity contribution in [3.63, 3.8) is 0 Å². The summed E-state index contributed by atoms with van der Waals surface area (Å²) in [6.07, 6.45) is 3.81. The van der Waals surface area contributed by atoms with E-state index in [9.17, 15) is 0 Å². The number of unbranched alkanes of at least 4 members (excludes halogenated alkanes) is 2. The minimum Gasteiger partial charge on any atom is -0.489 e. The molecule has 0 unspecified atom stereocenters. The Morgan fingerprint density at radius 2 is 2.25 bits per heavy atom. The van der Waals surface area contributed by atoms with Crippen molar-refractivity contribution in [1.82, 2.24) is 0 Å². The van der Waals surface area contributed by atoms with Gasteiger partial charge in [0.15, 0.2) is 0 Å². The topological polar surface area (TPSA) is 38.5 Å². The summed E-state index contributed by atoms with van der Waals surface area (Å²) in [5.74, 6) is 0.933. The summed E-state index contributed by atoms with van der Waals surface area (Å²) in [5, 5.41) is 0. The Labute approximate surface area is 97.2 Å². The number of ether oxygens (including phenoxy) is 1. The predicted molar refractivity (Wildman–Crippen MR) is 68.1 cm³/mol. The third kappa shape index (κ3) is 2.40. The third-order valence-corrected chi connectivity index (χ3v) is 2.97. The van der Waals surface area contributed by atoms with E-state index in [1.807, 2.05) is 12.1 Å². The van der Waals surface area contributed by atoms with E-state index in [0.29, 0.717) is 0 Å². The molecule has 0 atom stereocenters. The SMILES string of the molecule is CCCCCN1CCOc2cc(N)ccc21. The fourth-order valence-electron chi connectivity index (χ4n) is 2.08. The number of anilines is 2. The van der Waals surface area contributed by atoms with Crippen LogP contribution in [0.5, 0.6) is 5.75 Å². The summed E-state index contributed by atoms with van der Waals surface area (Å²) >= 11 is 0. The molecule has 2 N–H and O–H groups in total. The monoisotopic (exact) mass is 220 g/mol. The number of fused-ring (bicyclic) bond motifs is 1. The Balaban J connectivity index is 2.07. The van der Waals surface area contributed by atoms with Gasteiger partial charge in [-0.25, -0.2) is 0 Å². The normalized spacial score (nSPS) is 14.4. The number of rotatable bonds is 4. The zero-order valence-electron chi connectivity index (χ0n) is 9.91. The van der Waals surface area contributed by atoms with Crippen LogP contribution in [0.1, 0.15) is 26.2 Å². The Morgan fingerprint density at radius 3 is 3.06 bits per heavy atom. The molecule has 0 bridgehead atoms. The zero-order chi connectivity index (χ0) is 11.4. The second kappa shape index (κ2) is 5.10. The minimum atomic E-state index is 0.766. The highest BCUT2D eigenvalue weighted by molar-refractivity contribution is 5.64. The first-order chi connectivity index (χ1) is 7.81. The number of nitrogen functional groups attached to an aromatic ring is 1. The van der Waals surface area contributed by atoms with E-state index in [0.717, 1.165) is 31.1 Å². The standard InChI is InChI=1S/C13H20N2O/c1-2-3-4-7-15-8-9-16-13-10-11(14)5-6-12(13)15/h5-6,10H,2-4,7-9,14H2,1H3. The number of hydrogen-bond acceptors (Lipinski definition) is 3. The highest BCUT2D eigenvalue weighted by Crippen LogP contribution is 2.33. The fraction of sp³-hybridized carbons (Fsp3) is 0.538. The molecule has 0 aromatic heterocycles. The highest BCUT2D eigenvalue weighted by atomic mass is 16.5. The van der Waals surface area contributed by atoms with Gasteiger partial charge in [0.1, 0.15) is 12.4 Å². The number of benzene rings is 1. The van der Waals surface area contributed by atoms with E-state index in [1.165, 1.54) is 24.9 Å². The summed E-state index contributed by atoms with van der Waals surface area (Å²) in [6.45, 7) is 5.10. The van der Waals surface area contributed by atoms with Crippen LogP contribution in [0.2, 0.25) is 0 Å². The first-order valence-corrected chi connectivity index (χ1v) is 6.08. The molecule has 0 radical (unpaired) electrons. The maximum absolute atomic E-state index is 5.75. The molecule has 0 saturated heterocycles. The zero-order valence-corrected chi connectivity index (χ0v) is 9.91. The molecule has 1 aliphatic rings. The van der Waals surface area contributed by atoms with Gasteiger partial charge in [-0.2, -0.15) is 0 Å². The molecule has 1 aromatic carbocycles. The largest absolute Gasteiger partial charge is 0.489 e. The molecular weight excluding hydrogens is 200 g/mol. The van der Waals surface area contributed by atoms with Crippen molar-refractivity contribution >= 4 is 11.4 Å². The van der Waals surface area contributed by atoms with E-state index in [2.05, 4.69) is 17.9 Å². The van der Waals surface area contributed by atoms with Crippen LogP contribution in [0.4, 0.5) is 11.4 Å². The second-order valence-corrected chi connectivity index (χ2v) is 4.27. The van der Waals surface area contributed by atoms with Crippen LogP contribution in [-0.2, 0) is 0 Å². The van der Waals surface area contributed by atoms with Crippen molar-refractivity contribution in [3.05, 3.63) is 18.2 Å². The molecule has 3 heteroatoms. The molecule has 16 heavy (non-hydrogen) atoms. The second-order valence-electron chi connectivity index (χ2n) is 4.27. The first kappa shape index (κ1) is 11.1. The van der Waals surface area contributed by atoms with Gasteiger partial charge in [-0.3, -0.25) is 0 Å². The Bertz CT molecular complexity index is 352. The molecule has 1 aliphatic heterocycles. The first-order valence-electron chi connectivity index (χ1n) is 6.08. The summed E-state index contributed by atoms with van der Waals surface area (Å²) in [6, 6.07) is 5.93. The van der Waals surface area contributed by atoms with E-state index < -0.39 is 0 Å². The summed E-state index contributed by atoms with van der Waals surface area (Å²) in [4.78, 5) is 2.40. The molecular formula is C13H20N2O. The molecule has 2 rings (SSSR count). The summed E-state index contributed by atoms with van der Waals surface area (Å²) < 4.78 is 5.62. The maximum atomic E-state index is 5.75. The number of nitrogens with zero attached hydrogens (tertiary/aromatic N) is 1. The van der Waals surface area contributed by atoms with Crippen LogP contribution >= 0.6 is 0 Å². The van der Waals surface area contributed by atoms with Crippen molar-refractivity contribution in [2.75, 3.05) is 30.3 Å². The van der Waals surface area contributed by atoms with Gasteiger partial charge in [-0.05, 0) is 18.6 Å². The van der Waals surface area contributed by atoms with Gasteiger partial charge in [0.2, 0.25) is 0 Å². The van der Waals surface area contributed by atoms with E-state index >= 15 is 0 Å². The third-order valence-electron chi connectivity index (χ3n) is 2.97. The van der Waals surface area contributed by atoms with Crippen molar-refractivity contribution in [3.8, 4) is 5.75 Å². The predicted octanol–water partition coefficient (Wildman–Crippen LogP) is 2.66. The Kier molecular flexibility index (Phi) is 3.54. The quantitative estimate of drug-likeness (QED) is 0.626. The van der Waals surface area contributed by atoms with Crippen LogP contribution in [0.15, 0.2) is 18.2 Å². The lowest BCUT2D eigenvalue weighted by atomic mass is 10.2. The van der Waals surface area contributed by atoms with Crippen LogP contribution in [0, 0.1) is 0 Å². The van der Waals surface area contributed by atoms with E-state index in [1.54, 1.807) is 0 Å². The molecule has 3 nitrogen and oxygen atoms in total. The van der Waals surface area contributed by atoms with Gasteiger partial charge in [0, 0.05) is 18.3 Å². The molecule has 1 aromatic rings. The van der Waals surface area contributed by atoms with Gasteiger partial charge >= 0.3 is 0 Å². The van der Waals surface area contributed by atoms with Crippen LogP contribution in [0.3, 0.4) is 0 Å². The Morgan fingerprint density at radius 1 is 1.38 bits per heavy atom. The van der Waals surface area contributed by atoms with Crippen molar-refractivity contribution in [2.45, 2.75) is 26.2 Å². The van der Waals surface area contributed by atoms with Crippen molar-refractivity contribution < 1.29 is 4.74 Å². The average molecular weight is 220 g/mol. The minimum absolute atomic E-state index is 0.766. The lowest BCUT2D eigenvalue weighted by molar-refractivity contribution is 0.307.